The third-order valence-corrected chi connectivity index (χ3v) is 3.15. The molecular weight excluding hydrogens is 196 g/mol. The summed E-state index contributed by atoms with van der Waals surface area (Å²) in [5.74, 6) is 2.70. The third-order valence-electron chi connectivity index (χ3n) is 3.15. The maximum absolute atomic E-state index is 4.22. The lowest BCUT2D eigenvalue weighted by atomic mass is 9.80. The summed E-state index contributed by atoms with van der Waals surface area (Å²) in [6.45, 7) is 13.6. The van der Waals surface area contributed by atoms with E-state index in [2.05, 4.69) is 43.5 Å². The number of nitrogens with zero attached hydrogens (tertiary/aromatic N) is 2. The highest BCUT2D eigenvalue weighted by Crippen LogP contribution is 2.26. The first kappa shape index (κ1) is 17.5. The van der Waals surface area contributed by atoms with Crippen LogP contribution in [0.2, 0.25) is 0 Å². The molecule has 0 aromatic rings. The highest BCUT2D eigenvalue weighted by molar-refractivity contribution is 5.87. The molecule has 2 nitrogen and oxygen atoms in total. The highest BCUT2D eigenvalue weighted by Gasteiger charge is 2.22. The van der Waals surface area contributed by atoms with Gasteiger partial charge in [0.05, 0.1) is 0 Å². The van der Waals surface area contributed by atoms with Crippen LogP contribution in [-0.2, 0) is 0 Å². The van der Waals surface area contributed by atoms with Gasteiger partial charge in [-0.05, 0) is 45.6 Å². The van der Waals surface area contributed by atoms with Crippen molar-refractivity contribution in [2.45, 2.75) is 54.4 Å². The monoisotopic (exact) mass is 224 g/mol. The van der Waals surface area contributed by atoms with Crippen LogP contribution in [-0.4, -0.2) is 25.2 Å². The van der Waals surface area contributed by atoms with E-state index >= 15 is 0 Å². The van der Waals surface area contributed by atoms with Gasteiger partial charge < -0.3 is 0 Å². The van der Waals surface area contributed by atoms with Crippen LogP contribution in [0.3, 0.4) is 0 Å². The summed E-state index contributed by atoms with van der Waals surface area (Å²) in [6, 6.07) is 0. The lowest BCUT2D eigenvalue weighted by Crippen LogP contribution is -2.23. The average molecular weight is 224 g/mol. The zero-order valence-electron chi connectivity index (χ0n) is 12.1. The van der Waals surface area contributed by atoms with Crippen molar-refractivity contribution in [3.63, 3.8) is 0 Å². The molecule has 0 fully saturated rings. The summed E-state index contributed by atoms with van der Waals surface area (Å²) >= 11 is 0. The van der Waals surface area contributed by atoms with Gasteiger partial charge in [-0.15, -0.1) is 0 Å². The van der Waals surface area contributed by atoms with E-state index in [0.29, 0.717) is 5.41 Å². The quantitative estimate of drug-likeness (QED) is 0.641. The minimum absolute atomic E-state index is 0.342. The topological polar surface area (TPSA) is 24.7 Å². The summed E-state index contributed by atoms with van der Waals surface area (Å²) in [5.41, 5.74) is 1.62. The molecular formula is C14H28N2. The van der Waals surface area contributed by atoms with Crippen molar-refractivity contribution in [1.29, 1.82) is 0 Å². The molecule has 0 N–H and O–H groups in total. The summed E-state index contributed by atoms with van der Waals surface area (Å²) < 4.78 is 0. The van der Waals surface area contributed by atoms with Crippen LogP contribution >= 0.6 is 0 Å². The fraction of sp³-hybridized carbons (Fsp3) is 0.786. The van der Waals surface area contributed by atoms with Gasteiger partial charge in [0, 0.05) is 24.7 Å². The first-order valence-electron chi connectivity index (χ1n) is 6.16. The van der Waals surface area contributed by atoms with E-state index in [1.807, 2.05) is 20.9 Å². The number of hydrogen-bond acceptors (Lipinski definition) is 2. The van der Waals surface area contributed by atoms with Crippen molar-refractivity contribution in [2.75, 3.05) is 13.6 Å². The second-order valence-electron chi connectivity index (χ2n) is 3.97. The predicted molar refractivity (Wildman–Crippen MR) is 75.9 cm³/mol. The maximum Gasteiger partial charge on any atom is 0.0455 e. The van der Waals surface area contributed by atoms with Gasteiger partial charge in [-0.3, -0.25) is 4.99 Å². The van der Waals surface area contributed by atoms with Crippen molar-refractivity contribution >= 4 is 11.6 Å². The van der Waals surface area contributed by atoms with Gasteiger partial charge in [-0.1, -0.05) is 20.8 Å². The molecule has 94 valence electrons. The standard InChI is InChI=1S/C9H19N.C5H9N/c1-6-9(4,7-2)8(3)10-5;1-3-5-6-4-2/h6-7H2,1-5H3;3H,4H2,1-2H3. The molecule has 0 aliphatic carbocycles. The maximum atomic E-state index is 4.22. The summed E-state index contributed by atoms with van der Waals surface area (Å²) in [4.78, 5) is 8.00. The molecule has 0 rings (SSSR count). The Bertz CT molecular complexity index is 241. The first-order chi connectivity index (χ1) is 7.52. The Balaban J connectivity index is 0. The number of aliphatic imine (C=N–C) groups is 2. The normalized spacial score (nSPS) is 11.1. The predicted octanol–water partition coefficient (Wildman–Crippen LogP) is 4.16. The molecule has 0 heterocycles. The van der Waals surface area contributed by atoms with Crippen LogP contribution in [0.15, 0.2) is 16.1 Å². The van der Waals surface area contributed by atoms with Crippen LogP contribution in [0.1, 0.15) is 54.4 Å². The van der Waals surface area contributed by atoms with Gasteiger partial charge in [0.25, 0.3) is 0 Å². The number of rotatable bonds is 4. The molecule has 0 unspecified atom stereocenters. The van der Waals surface area contributed by atoms with E-state index in [-0.39, 0.29) is 0 Å². The molecule has 0 aromatic heterocycles. The van der Waals surface area contributed by atoms with Crippen LogP contribution < -0.4 is 0 Å². The van der Waals surface area contributed by atoms with Crippen LogP contribution in [0, 0.1) is 5.41 Å². The van der Waals surface area contributed by atoms with Gasteiger partial charge in [0.15, 0.2) is 0 Å². The Kier molecular flexibility index (Phi) is 11.6. The van der Waals surface area contributed by atoms with E-state index in [4.69, 9.17) is 0 Å². The SMILES string of the molecule is CC=C=NCC.CCC(C)(CC)C(C)=NC. The molecule has 0 bridgehead atoms. The Hall–Kier alpha value is -0.880. The molecule has 0 atom stereocenters. The Morgan fingerprint density at radius 1 is 1.25 bits per heavy atom. The number of allylic oxidation sites excluding steroid dienone is 1. The molecule has 0 saturated heterocycles. The summed E-state index contributed by atoms with van der Waals surface area (Å²) in [5, 5.41) is 0. The van der Waals surface area contributed by atoms with Crippen LogP contribution in [0.25, 0.3) is 0 Å². The second kappa shape index (κ2) is 10.6. The smallest absolute Gasteiger partial charge is 0.0455 e. The van der Waals surface area contributed by atoms with Crippen LogP contribution in [0.5, 0.6) is 0 Å². The first-order valence-corrected chi connectivity index (χ1v) is 6.16. The van der Waals surface area contributed by atoms with Crippen LogP contribution in [0.4, 0.5) is 0 Å². The molecule has 16 heavy (non-hydrogen) atoms. The molecule has 0 amide bonds. The second-order valence-corrected chi connectivity index (χ2v) is 3.97. The molecule has 2 heteroatoms. The van der Waals surface area contributed by atoms with Gasteiger partial charge in [0.1, 0.15) is 0 Å². The van der Waals surface area contributed by atoms with E-state index in [1.54, 1.807) is 6.08 Å². The highest BCUT2D eigenvalue weighted by atomic mass is 14.7. The van der Waals surface area contributed by atoms with Crippen molar-refractivity contribution in [1.82, 2.24) is 0 Å². The average Bonchev–Trinajstić information content (AvgIpc) is 2.34. The lowest BCUT2D eigenvalue weighted by molar-refractivity contribution is 0.430. The van der Waals surface area contributed by atoms with Crippen molar-refractivity contribution < 1.29 is 0 Å². The fourth-order valence-electron chi connectivity index (χ4n) is 1.21. The molecule has 0 aromatic carbocycles. The van der Waals surface area contributed by atoms with Crippen molar-refractivity contribution in [3.05, 3.63) is 6.08 Å². The molecule has 0 aliphatic rings. The number of hydrogen-bond donors (Lipinski definition) is 0. The molecule has 0 saturated carbocycles. The lowest BCUT2D eigenvalue weighted by Gasteiger charge is -2.26. The van der Waals surface area contributed by atoms with Crippen molar-refractivity contribution in [3.8, 4) is 0 Å². The Labute approximate surface area is 102 Å². The van der Waals surface area contributed by atoms with Gasteiger partial charge in [0.2, 0.25) is 0 Å². The van der Waals surface area contributed by atoms with E-state index in [9.17, 15) is 0 Å². The minimum atomic E-state index is 0.342. The zero-order valence-corrected chi connectivity index (χ0v) is 12.1. The zero-order chi connectivity index (χ0) is 13.0. The molecule has 0 spiro atoms. The summed E-state index contributed by atoms with van der Waals surface area (Å²) in [7, 11) is 1.87. The largest absolute Gasteiger partial charge is 0.297 e. The minimum Gasteiger partial charge on any atom is -0.297 e. The Morgan fingerprint density at radius 3 is 1.88 bits per heavy atom. The molecule has 0 aliphatic heterocycles. The summed E-state index contributed by atoms with van der Waals surface area (Å²) in [6.07, 6.45) is 4.17. The van der Waals surface area contributed by atoms with Gasteiger partial charge in [-0.2, -0.15) is 0 Å². The van der Waals surface area contributed by atoms with E-state index in [0.717, 1.165) is 6.54 Å². The van der Waals surface area contributed by atoms with E-state index < -0.39 is 0 Å². The van der Waals surface area contributed by atoms with E-state index in [1.165, 1.54) is 18.6 Å². The van der Waals surface area contributed by atoms with Crippen molar-refractivity contribution in [2.24, 2.45) is 15.4 Å². The Morgan fingerprint density at radius 2 is 1.75 bits per heavy atom. The fourth-order valence-corrected chi connectivity index (χ4v) is 1.21. The van der Waals surface area contributed by atoms with Gasteiger partial charge >= 0.3 is 0 Å². The molecule has 0 radical (unpaired) electrons. The third kappa shape index (κ3) is 7.42. The van der Waals surface area contributed by atoms with Gasteiger partial charge in [-0.25, -0.2) is 4.99 Å².